The molecule has 3 aromatic rings. The molecule has 2 aromatic carbocycles. The van der Waals surface area contributed by atoms with Gasteiger partial charge in [0.2, 0.25) is 6.79 Å². The van der Waals surface area contributed by atoms with Gasteiger partial charge >= 0.3 is 0 Å². The summed E-state index contributed by atoms with van der Waals surface area (Å²) in [5.41, 5.74) is 1.42. The SMILES string of the molecule is CCOc1ccc(-n2c(=O)cc(-c3ccc4c(c3)OCO4)sc2=S)cc1. The maximum absolute atomic E-state index is 12.7. The Morgan fingerprint density at radius 3 is 2.62 bits per heavy atom. The summed E-state index contributed by atoms with van der Waals surface area (Å²) < 4.78 is 18.2. The van der Waals surface area contributed by atoms with Gasteiger partial charge in [0.15, 0.2) is 15.5 Å². The van der Waals surface area contributed by atoms with Gasteiger partial charge in [-0.2, -0.15) is 0 Å². The molecule has 0 bridgehead atoms. The van der Waals surface area contributed by atoms with Crippen LogP contribution in [0.2, 0.25) is 0 Å². The number of nitrogens with zero attached hydrogens (tertiary/aromatic N) is 1. The molecule has 1 aromatic heterocycles. The van der Waals surface area contributed by atoms with E-state index >= 15 is 0 Å². The van der Waals surface area contributed by atoms with Crippen LogP contribution in [0.25, 0.3) is 16.1 Å². The molecule has 2 heterocycles. The van der Waals surface area contributed by atoms with E-state index in [1.165, 1.54) is 15.9 Å². The first-order chi connectivity index (χ1) is 12.7. The van der Waals surface area contributed by atoms with Crippen molar-refractivity contribution in [2.75, 3.05) is 13.4 Å². The van der Waals surface area contributed by atoms with Crippen LogP contribution in [0.3, 0.4) is 0 Å². The van der Waals surface area contributed by atoms with Crippen LogP contribution in [-0.2, 0) is 0 Å². The van der Waals surface area contributed by atoms with Gasteiger partial charge in [0, 0.05) is 10.9 Å². The summed E-state index contributed by atoms with van der Waals surface area (Å²) in [6, 6.07) is 14.5. The zero-order chi connectivity index (χ0) is 18.1. The Morgan fingerprint density at radius 1 is 1.12 bits per heavy atom. The van der Waals surface area contributed by atoms with Gasteiger partial charge in [0.1, 0.15) is 5.75 Å². The third-order valence-electron chi connectivity index (χ3n) is 3.92. The maximum atomic E-state index is 12.7. The largest absolute Gasteiger partial charge is 0.494 e. The molecule has 1 aliphatic heterocycles. The number of benzene rings is 2. The molecule has 132 valence electrons. The minimum Gasteiger partial charge on any atom is -0.494 e. The number of ether oxygens (including phenoxy) is 3. The molecule has 26 heavy (non-hydrogen) atoms. The fourth-order valence-electron chi connectivity index (χ4n) is 2.72. The van der Waals surface area contributed by atoms with Gasteiger partial charge < -0.3 is 14.2 Å². The molecule has 0 saturated carbocycles. The van der Waals surface area contributed by atoms with Crippen molar-refractivity contribution < 1.29 is 14.2 Å². The molecule has 0 amide bonds. The van der Waals surface area contributed by atoms with E-state index < -0.39 is 0 Å². The van der Waals surface area contributed by atoms with Crippen molar-refractivity contribution in [2.45, 2.75) is 6.92 Å². The van der Waals surface area contributed by atoms with E-state index in [0.717, 1.165) is 21.9 Å². The number of hydrogen-bond acceptors (Lipinski definition) is 6. The zero-order valence-corrected chi connectivity index (χ0v) is 15.6. The van der Waals surface area contributed by atoms with Gasteiger partial charge in [-0.15, -0.1) is 11.3 Å². The quantitative estimate of drug-likeness (QED) is 0.622. The van der Waals surface area contributed by atoms with Crippen LogP contribution in [0.15, 0.2) is 53.3 Å². The van der Waals surface area contributed by atoms with Crippen LogP contribution >= 0.6 is 23.6 Å². The van der Waals surface area contributed by atoms with E-state index in [4.69, 9.17) is 26.4 Å². The van der Waals surface area contributed by atoms with E-state index in [1.54, 1.807) is 6.07 Å². The summed E-state index contributed by atoms with van der Waals surface area (Å²) in [6.45, 7) is 2.74. The van der Waals surface area contributed by atoms with Gasteiger partial charge in [0.05, 0.1) is 12.3 Å². The summed E-state index contributed by atoms with van der Waals surface area (Å²) in [5, 5.41) is 0. The van der Waals surface area contributed by atoms with Crippen molar-refractivity contribution in [3.05, 3.63) is 62.8 Å². The van der Waals surface area contributed by atoms with Crippen molar-refractivity contribution in [3.63, 3.8) is 0 Å². The Morgan fingerprint density at radius 2 is 1.88 bits per heavy atom. The fourth-order valence-corrected chi connectivity index (χ4v) is 4.06. The van der Waals surface area contributed by atoms with E-state index in [1.807, 2.05) is 49.4 Å². The second kappa shape index (κ2) is 6.93. The molecule has 0 aliphatic carbocycles. The first kappa shape index (κ1) is 16.8. The standard InChI is InChI=1S/C19H15NO4S2/c1-2-22-14-6-4-13(5-7-14)20-18(21)10-17(26-19(20)25)12-3-8-15-16(9-12)24-11-23-15/h3-10H,2,11H2,1H3. The van der Waals surface area contributed by atoms with Gasteiger partial charge in [0.25, 0.3) is 5.56 Å². The predicted molar refractivity (Wildman–Crippen MR) is 103 cm³/mol. The Balaban J connectivity index is 1.73. The molecular weight excluding hydrogens is 370 g/mol. The average molecular weight is 385 g/mol. The third-order valence-corrected chi connectivity index (χ3v) is 5.28. The zero-order valence-electron chi connectivity index (χ0n) is 13.9. The first-order valence-electron chi connectivity index (χ1n) is 8.06. The highest BCUT2D eigenvalue weighted by Crippen LogP contribution is 2.36. The topological polar surface area (TPSA) is 49.7 Å². The van der Waals surface area contributed by atoms with Crippen molar-refractivity contribution in [2.24, 2.45) is 0 Å². The maximum Gasteiger partial charge on any atom is 0.258 e. The van der Waals surface area contributed by atoms with Crippen LogP contribution in [0.4, 0.5) is 0 Å². The molecule has 1 aliphatic rings. The molecule has 0 radical (unpaired) electrons. The average Bonchev–Trinajstić information content (AvgIpc) is 3.10. The molecule has 4 rings (SSSR count). The molecule has 0 spiro atoms. The van der Waals surface area contributed by atoms with Crippen molar-refractivity contribution in [1.29, 1.82) is 0 Å². The smallest absolute Gasteiger partial charge is 0.258 e. The Labute approximate surface area is 159 Å². The predicted octanol–water partition coefficient (Wildman–Crippen LogP) is 4.42. The highest BCUT2D eigenvalue weighted by atomic mass is 32.1. The minimum absolute atomic E-state index is 0.175. The second-order valence-electron chi connectivity index (χ2n) is 5.55. The molecule has 0 fully saturated rings. The van der Waals surface area contributed by atoms with Gasteiger partial charge in [-0.1, -0.05) is 0 Å². The lowest BCUT2D eigenvalue weighted by Gasteiger charge is -2.09. The Kier molecular flexibility index (Phi) is 4.48. The van der Waals surface area contributed by atoms with Crippen molar-refractivity contribution in [3.8, 4) is 33.4 Å². The number of hydrogen-bond donors (Lipinski definition) is 0. The molecular formula is C19H15NO4S2. The van der Waals surface area contributed by atoms with Crippen LogP contribution in [0.5, 0.6) is 17.2 Å². The lowest BCUT2D eigenvalue weighted by atomic mass is 10.1. The Bertz CT molecular complexity index is 1040. The van der Waals surface area contributed by atoms with E-state index in [2.05, 4.69) is 0 Å². The lowest BCUT2D eigenvalue weighted by Crippen LogP contribution is -2.17. The second-order valence-corrected chi connectivity index (χ2v) is 7.22. The summed E-state index contributed by atoms with van der Waals surface area (Å²) >= 11 is 6.86. The number of fused-ring (bicyclic) bond motifs is 1. The van der Waals surface area contributed by atoms with E-state index in [0.29, 0.717) is 22.1 Å². The highest BCUT2D eigenvalue weighted by molar-refractivity contribution is 7.73. The van der Waals surface area contributed by atoms with Gasteiger partial charge in [-0.05, 0) is 67.2 Å². The number of aromatic nitrogens is 1. The van der Waals surface area contributed by atoms with Crippen LogP contribution in [0.1, 0.15) is 6.92 Å². The van der Waals surface area contributed by atoms with Crippen molar-refractivity contribution in [1.82, 2.24) is 4.57 Å². The van der Waals surface area contributed by atoms with E-state index in [9.17, 15) is 4.79 Å². The molecule has 5 nitrogen and oxygen atoms in total. The normalized spacial score (nSPS) is 12.2. The third kappa shape index (κ3) is 3.11. The first-order valence-corrected chi connectivity index (χ1v) is 9.28. The minimum atomic E-state index is -0.175. The summed E-state index contributed by atoms with van der Waals surface area (Å²) in [4.78, 5) is 13.5. The Hall–Kier alpha value is -2.64. The van der Waals surface area contributed by atoms with Crippen LogP contribution in [0, 0.1) is 3.95 Å². The van der Waals surface area contributed by atoms with Crippen LogP contribution < -0.4 is 19.8 Å². The molecule has 7 heteroatoms. The van der Waals surface area contributed by atoms with Gasteiger partial charge in [-0.25, -0.2) is 0 Å². The molecule has 0 unspecified atom stereocenters. The highest BCUT2D eigenvalue weighted by Gasteiger charge is 2.15. The molecule has 0 N–H and O–H groups in total. The lowest BCUT2D eigenvalue weighted by molar-refractivity contribution is 0.174. The number of rotatable bonds is 4. The van der Waals surface area contributed by atoms with Crippen LogP contribution in [-0.4, -0.2) is 18.0 Å². The molecule has 0 saturated heterocycles. The van der Waals surface area contributed by atoms with E-state index in [-0.39, 0.29) is 12.4 Å². The fraction of sp³-hybridized carbons (Fsp3) is 0.158. The summed E-state index contributed by atoms with van der Waals surface area (Å²) in [5.74, 6) is 2.15. The monoisotopic (exact) mass is 385 g/mol. The summed E-state index contributed by atoms with van der Waals surface area (Å²) in [7, 11) is 0. The molecule has 0 atom stereocenters. The van der Waals surface area contributed by atoms with Gasteiger partial charge in [-0.3, -0.25) is 9.36 Å². The van der Waals surface area contributed by atoms with Crippen molar-refractivity contribution >= 4 is 23.6 Å². The summed E-state index contributed by atoms with van der Waals surface area (Å²) in [6.07, 6.45) is 0.